The van der Waals surface area contributed by atoms with Crippen molar-refractivity contribution in [1.82, 2.24) is 77.3 Å². The molecule has 7 heterocycles. The van der Waals surface area contributed by atoms with Gasteiger partial charge in [-0.25, -0.2) is 29.5 Å². The molecule has 15 aromatic carbocycles. The molecule has 0 amide bonds. The Labute approximate surface area is 660 Å². The highest BCUT2D eigenvalue weighted by Gasteiger charge is 2.28. The van der Waals surface area contributed by atoms with E-state index >= 15 is 0 Å². The molecule has 0 unspecified atom stereocenters. The minimum absolute atomic E-state index is 0.622. The van der Waals surface area contributed by atoms with E-state index < -0.39 is 0 Å². The third-order valence-electron chi connectivity index (χ3n) is 21.0. The third-order valence-corrected chi connectivity index (χ3v) is 21.0. The van der Waals surface area contributed by atoms with Crippen LogP contribution in [-0.2, 0) is 0 Å². The van der Waals surface area contributed by atoms with Crippen LogP contribution < -0.4 is 0 Å². The van der Waals surface area contributed by atoms with Gasteiger partial charge in [-0.3, -0.25) is 27.4 Å². The number of fused-ring (bicyclic) bond motifs is 5. The molecule has 542 valence electrons. The summed E-state index contributed by atoms with van der Waals surface area (Å²) < 4.78 is 15.1. The predicted octanol–water partition coefficient (Wildman–Crippen LogP) is 22.6. The van der Waals surface area contributed by atoms with Crippen molar-refractivity contribution in [2.45, 2.75) is 0 Å². The highest BCUT2D eigenvalue weighted by Crippen LogP contribution is 2.39. The second kappa shape index (κ2) is 28.7. The smallest absolute Gasteiger partial charge is 0.243 e. The van der Waals surface area contributed by atoms with Gasteiger partial charge in [0, 0.05) is 61.7 Å². The second-order valence-corrected chi connectivity index (χ2v) is 28.0. The molecule has 16 nitrogen and oxygen atoms in total. The van der Waals surface area contributed by atoms with Gasteiger partial charge in [0.25, 0.3) is 0 Å². The first-order valence-corrected chi connectivity index (χ1v) is 38.1. The zero-order valence-corrected chi connectivity index (χ0v) is 61.8. The molecule has 7 aromatic heterocycles. The van der Waals surface area contributed by atoms with E-state index in [1.54, 1.807) is 0 Å². The van der Waals surface area contributed by atoms with Gasteiger partial charge in [-0.15, -0.1) is 20.4 Å². The van der Waals surface area contributed by atoms with Gasteiger partial charge < -0.3 is 0 Å². The van der Waals surface area contributed by atoms with E-state index in [2.05, 4.69) is 293 Å². The number of imidazole rings is 5. The van der Waals surface area contributed by atoms with Crippen molar-refractivity contribution in [3.8, 4) is 131 Å². The van der Waals surface area contributed by atoms with Gasteiger partial charge in [0.2, 0.25) is 11.9 Å². The van der Waals surface area contributed by atoms with E-state index in [0.29, 0.717) is 23.5 Å². The number of hydrogen-bond acceptors (Lipinski definition) is 9. The number of aromatic nitrogens is 16. The summed E-state index contributed by atoms with van der Waals surface area (Å²) in [7, 11) is 0. The van der Waals surface area contributed by atoms with Gasteiger partial charge in [-0.05, 0) is 157 Å². The molecule has 0 saturated heterocycles. The largest absolute Gasteiger partial charge is 0.292 e. The molecule has 22 aromatic rings. The van der Waals surface area contributed by atoms with Crippen molar-refractivity contribution in [1.29, 1.82) is 0 Å². The van der Waals surface area contributed by atoms with Crippen LogP contribution in [0.1, 0.15) is 0 Å². The minimum atomic E-state index is 0.622. The van der Waals surface area contributed by atoms with Gasteiger partial charge >= 0.3 is 0 Å². The Hall–Kier alpha value is -16.1. The van der Waals surface area contributed by atoms with E-state index in [0.717, 1.165) is 163 Å². The number of benzene rings is 15. The standard InChI is InChI=1S/C59H39N9.C40H27N7/c1-4-16-40(17-5-1)55-60-49-22-10-13-25-52(49)65(55)45-32-28-43(29-33-45)58-63-64-59(44-30-34-46(35-31-44)66-53-26-14-11-23-50(53)61-56(66)41-18-6-2-7-19-41)68(58)48-38-36-47(37-39-48)67-54-27-15-12-24-51(54)62-57(67)42-20-8-3-9-21-42;1-4-14-28(15-5-1)29-24-26-32(27-25-29)45-39(46-35-22-12-10-20-33(35)41-37(46)30-16-6-2-7-17-30)43-44-40(45)47-36-23-13-11-21-34(36)42-38(47)31-18-8-3-9-19-31/h1-39H;1-27H. The van der Waals surface area contributed by atoms with Gasteiger partial charge in [0.1, 0.15) is 29.1 Å². The minimum Gasteiger partial charge on any atom is -0.292 e. The molecule has 0 fully saturated rings. The molecular weight excluding hydrogens is 1410 g/mol. The summed E-state index contributed by atoms with van der Waals surface area (Å²) in [6.07, 6.45) is 0. The summed E-state index contributed by atoms with van der Waals surface area (Å²) in [6.45, 7) is 0. The maximum Gasteiger partial charge on any atom is 0.243 e. The Balaban J connectivity index is 0.000000154. The van der Waals surface area contributed by atoms with Crippen LogP contribution in [0.2, 0.25) is 0 Å². The number of nitrogens with zero attached hydrogens (tertiary/aromatic N) is 16. The highest BCUT2D eigenvalue weighted by atomic mass is 15.4. The fourth-order valence-corrected chi connectivity index (χ4v) is 15.6. The molecule has 0 aliphatic heterocycles. The average Bonchev–Trinajstić information content (AvgIpc) is 1.58. The van der Waals surface area contributed by atoms with Crippen LogP contribution in [0.5, 0.6) is 0 Å². The van der Waals surface area contributed by atoms with Crippen molar-refractivity contribution < 1.29 is 0 Å². The monoisotopic (exact) mass is 1480 g/mol. The molecule has 16 heteroatoms. The van der Waals surface area contributed by atoms with Crippen molar-refractivity contribution >= 4 is 55.2 Å². The van der Waals surface area contributed by atoms with Gasteiger partial charge in [0.05, 0.1) is 60.9 Å². The van der Waals surface area contributed by atoms with Crippen LogP contribution in [0.3, 0.4) is 0 Å². The Morgan fingerprint density at radius 2 is 0.322 bits per heavy atom. The number of para-hydroxylation sites is 10. The van der Waals surface area contributed by atoms with E-state index in [1.807, 2.05) is 140 Å². The molecule has 0 bridgehead atoms. The maximum absolute atomic E-state index is 5.10. The number of hydrogen-bond donors (Lipinski definition) is 0. The Morgan fingerprint density at radius 3 is 0.609 bits per heavy atom. The summed E-state index contributed by atoms with van der Waals surface area (Å²) in [5, 5.41) is 19.8. The zero-order chi connectivity index (χ0) is 76.1. The molecule has 0 spiro atoms. The molecule has 0 aliphatic carbocycles. The van der Waals surface area contributed by atoms with Crippen molar-refractivity contribution in [3.05, 3.63) is 400 Å². The second-order valence-electron chi connectivity index (χ2n) is 28.0. The topological polar surface area (TPSA) is 151 Å². The van der Waals surface area contributed by atoms with Crippen LogP contribution in [0.15, 0.2) is 400 Å². The third kappa shape index (κ3) is 12.1. The predicted molar refractivity (Wildman–Crippen MR) is 459 cm³/mol. The molecule has 0 atom stereocenters. The van der Waals surface area contributed by atoms with Gasteiger partial charge in [-0.2, -0.15) is 0 Å². The lowest BCUT2D eigenvalue weighted by molar-refractivity contribution is 0.878. The lowest BCUT2D eigenvalue weighted by Gasteiger charge is -2.16. The van der Waals surface area contributed by atoms with Crippen LogP contribution in [0.4, 0.5) is 0 Å². The zero-order valence-electron chi connectivity index (χ0n) is 61.8. The molecule has 0 N–H and O–H groups in total. The van der Waals surface area contributed by atoms with Crippen molar-refractivity contribution in [2.75, 3.05) is 0 Å². The first kappa shape index (κ1) is 67.1. The Bertz CT molecular complexity index is 6960. The normalized spacial score (nSPS) is 11.5. The molecule has 0 saturated carbocycles. The Kier molecular flexibility index (Phi) is 16.8. The Morgan fingerprint density at radius 1 is 0.130 bits per heavy atom. The fourth-order valence-electron chi connectivity index (χ4n) is 15.6. The van der Waals surface area contributed by atoms with E-state index in [-0.39, 0.29) is 0 Å². The van der Waals surface area contributed by atoms with Crippen LogP contribution >= 0.6 is 0 Å². The average molecular weight is 1480 g/mol. The molecule has 115 heavy (non-hydrogen) atoms. The van der Waals surface area contributed by atoms with Crippen molar-refractivity contribution in [2.24, 2.45) is 0 Å². The first-order valence-electron chi connectivity index (χ1n) is 38.1. The maximum atomic E-state index is 5.10. The van der Waals surface area contributed by atoms with Crippen LogP contribution in [0, 0.1) is 0 Å². The summed E-state index contributed by atoms with van der Waals surface area (Å²) in [4.78, 5) is 25.4. The lowest BCUT2D eigenvalue weighted by atomic mass is 10.1. The van der Waals surface area contributed by atoms with E-state index in [9.17, 15) is 0 Å². The summed E-state index contributed by atoms with van der Waals surface area (Å²) in [5.74, 6) is 6.89. The van der Waals surface area contributed by atoms with Crippen LogP contribution in [0.25, 0.3) is 186 Å². The summed E-state index contributed by atoms with van der Waals surface area (Å²) in [5.41, 5.74) is 23.6. The SMILES string of the molecule is c1ccc(-c2ccc(-n3c(-n4c(-c5ccccc5)nc5ccccc54)nnc3-n3c(-c4ccccc4)nc4ccccc43)cc2)cc1.c1ccc(-c2nc3ccccc3n2-c2ccc(-c3nnc(-c4ccc(-n5c(-c6ccccc6)nc6ccccc65)cc4)n3-c3ccc(-n4c(-c5ccccc5)nc5ccccc54)cc3)cc2)cc1. The number of rotatable bonds is 15. The molecule has 0 radical (unpaired) electrons. The molecule has 0 aliphatic rings. The highest BCUT2D eigenvalue weighted by molar-refractivity contribution is 5.89. The first-order chi connectivity index (χ1) is 57.1. The summed E-state index contributed by atoms with van der Waals surface area (Å²) >= 11 is 0. The molecular formula is C99H66N16. The lowest BCUT2D eigenvalue weighted by Crippen LogP contribution is -2.11. The summed E-state index contributed by atoms with van der Waals surface area (Å²) in [6, 6.07) is 137. The van der Waals surface area contributed by atoms with Crippen molar-refractivity contribution in [3.63, 3.8) is 0 Å². The van der Waals surface area contributed by atoms with Crippen LogP contribution in [-0.4, -0.2) is 77.3 Å². The van der Waals surface area contributed by atoms with E-state index in [1.165, 1.54) is 0 Å². The molecule has 22 rings (SSSR count). The quantitative estimate of drug-likeness (QED) is 0.0977. The van der Waals surface area contributed by atoms with Gasteiger partial charge in [-0.1, -0.05) is 255 Å². The van der Waals surface area contributed by atoms with E-state index in [4.69, 9.17) is 45.3 Å². The van der Waals surface area contributed by atoms with Gasteiger partial charge in [0.15, 0.2) is 11.6 Å². The fraction of sp³-hybridized carbons (Fsp3) is 0.